The summed E-state index contributed by atoms with van der Waals surface area (Å²) in [5, 5.41) is 10.9. The highest BCUT2D eigenvalue weighted by molar-refractivity contribution is 6.02. The van der Waals surface area contributed by atoms with Crippen molar-refractivity contribution in [1.29, 1.82) is 0 Å². The van der Waals surface area contributed by atoms with Crippen LogP contribution >= 0.6 is 0 Å². The normalized spacial score (nSPS) is 26.4. The van der Waals surface area contributed by atoms with Crippen LogP contribution < -0.4 is 14.2 Å². The zero-order valence-electron chi connectivity index (χ0n) is 17.3. The number of rotatable bonds is 6. The number of carbonyl (C=O) groups excluding carboxylic acids is 3. The first kappa shape index (κ1) is 22.5. The van der Waals surface area contributed by atoms with E-state index in [1.54, 1.807) is 0 Å². The molecule has 1 aromatic carbocycles. The summed E-state index contributed by atoms with van der Waals surface area (Å²) >= 11 is 0. The van der Waals surface area contributed by atoms with Crippen molar-refractivity contribution in [2.75, 3.05) is 35.5 Å². The summed E-state index contributed by atoms with van der Waals surface area (Å²) in [6, 6.07) is 3.07. The summed E-state index contributed by atoms with van der Waals surface area (Å²) in [6.45, 7) is 1.37. The molecule has 9 heteroatoms. The predicted octanol–water partition coefficient (Wildman–Crippen LogP) is 1.10. The van der Waals surface area contributed by atoms with E-state index in [0.717, 1.165) is 7.11 Å². The largest absolute Gasteiger partial charge is 0.493 e. The van der Waals surface area contributed by atoms with Crippen molar-refractivity contribution >= 4 is 17.7 Å². The second-order valence-electron chi connectivity index (χ2n) is 6.99. The van der Waals surface area contributed by atoms with Crippen molar-refractivity contribution in [2.45, 2.75) is 24.9 Å². The summed E-state index contributed by atoms with van der Waals surface area (Å²) in [6.07, 6.45) is -0.395. The van der Waals surface area contributed by atoms with Crippen LogP contribution in [0.2, 0.25) is 0 Å². The van der Waals surface area contributed by atoms with Crippen LogP contribution in [0.5, 0.6) is 17.2 Å². The summed E-state index contributed by atoms with van der Waals surface area (Å²) in [4.78, 5) is 37.9. The molecule has 0 aliphatic heterocycles. The highest BCUT2D eigenvalue weighted by atomic mass is 16.5. The minimum absolute atomic E-state index is 0.270. The van der Waals surface area contributed by atoms with Crippen molar-refractivity contribution in [3.8, 4) is 17.2 Å². The minimum Gasteiger partial charge on any atom is -0.493 e. The molecule has 1 aliphatic carbocycles. The molecule has 0 aromatic heterocycles. The number of hydrogen-bond acceptors (Lipinski definition) is 9. The van der Waals surface area contributed by atoms with E-state index >= 15 is 0 Å². The minimum atomic E-state index is -1.74. The number of esters is 2. The predicted molar refractivity (Wildman–Crippen MR) is 100 cm³/mol. The molecule has 9 nitrogen and oxygen atoms in total. The molecular formula is C20H26O9. The molecule has 0 heterocycles. The van der Waals surface area contributed by atoms with Crippen molar-refractivity contribution in [2.24, 2.45) is 11.8 Å². The van der Waals surface area contributed by atoms with Crippen molar-refractivity contribution < 1.29 is 43.2 Å². The molecule has 0 radical (unpaired) electrons. The first-order valence-electron chi connectivity index (χ1n) is 8.87. The summed E-state index contributed by atoms with van der Waals surface area (Å²) < 4.78 is 25.7. The Labute approximate surface area is 168 Å². The van der Waals surface area contributed by atoms with Crippen LogP contribution in [0.3, 0.4) is 0 Å². The van der Waals surface area contributed by atoms with Crippen LogP contribution in [0.1, 0.15) is 24.8 Å². The van der Waals surface area contributed by atoms with Crippen LogP contribution in [0, 0.1) is 11.8 Å². The second kappa shape index (κ2) is 8.69. The summed E-state index contributed by atoms with van der Waals surface area (Å²) in [7, 11) is 6.59. The molecule has 1 aliphatic rings. The Balaban J connectivity index is 2.80. The van der Waals surface area contributed by atoms with Gasteiger partial charge in [-0.25, -0.2) is 0 Å². The molecule has 1 saturated carbocycles. The molecular weight excluding hydrogens is 384 g/mol. The second-order valence-corrected chi connectivity index (χ2v) is 6.99. The number of hydrogen-bond donors (Lipinski definition) is 1. The Morgan fingerprint density at radius 2 is 1.48 bits per heavy atom. The molecule has 1 fully saturated rings. The first-order valence-corrected chi connectivity index (χ1v) is 8.87. The standard InChI is InChI=1S/C20H26O9/c1-20(24)9-11(21)15(18(22)28-5)14(16(20)19(23)29-6)10-7-12(25-2)17(27-4)13(8-10)26-3/h7-8,14-16,24H,9H2,1-6H3/t14-,15+,16+,20+/m0/s1. The van der Waals surface area contributed by atoms with E-state index in [1.807, 2.05) is 0 Å². The smallest absolute Gasteiger partial charge is 0.316 e. The van der Waals surface area contributed by atoms with E-state index < -0.39 is 47.5 Å². The van der Waals surface area contributed by atoms with Gasteiger partial charge in [-0.15, -0.1) is 0 Å². The van der Waals surface area contributed by atoms with Gasteiger partial charge in [0.15, 0.2) is 17.3 Å². The summed E-state index contributed by atoms with van der Waals surface area (Å²) in [5.74, 6) is -4.85. The third-order valence-corrected chi connectivity index (χ3v) is 5.25. The van der Waals surface area contributed by atoms with Crippen molar-refractivity contribution in [3.05, 3.63) is 17.7 Å². The van der Waals surface area contributed by atoms with Crippen LogP contribution in [-0.4, -0.2) is 64.0 Å². The van der Waals surface area contributed by atoms with Crippen LogP contribution in [0.15, 0.2) is 12.1 Å². The molecule has 4 atom stereocenters. The molecule has 160 valence electrons. The highest BCUT2D eigenvalue weighted by Crippen LogP contribution is 2.49. The van der Waals surface area contributed by atoms with Gasteiger partial charge in [-0.1, -0.05) is 0 Å². The molecule has 0 unspecified atom stereocenters. The average Bonchev–Trinajstić information content (AvgIpc) is 2.70. The Hall–Kier alpha value is -2.81. The maximum atomic E-state index is 12.8. The molecule has 29 heavy (non-hydrogen) atoms. The lowest BCUT2D eigenvalue weighted by atomic mass is 9.61. The molecule has 0 spiro atoms. The fourth-order valence-corrected chi connectivity index (χ4v) is 3.96. The maximum absolute atomic E-state index is 12.8. The number of methoxy groups -OCH3 is 5. The summed E-state index contributed by atoms with van der Waals surface area (Å²) in [5.41, 5.74) is -1.38. The molecule has 2 rings (SSSR count). The fraction of sp³-hybridized carbons (Fsp3) is 0.550. The molecule has 0 saturated heterocycles. The topological polar surface area (TPSA) is 118 Å². The number of Topliss-reactive ketones (excluding diaryl/α,β-unsaturated/α-hetero) is 1. The van der Waals surface area contributed by atoms with Crippen molar-refractivity contribution in [1.82, 2.24) is 0 Å². The van der Waals surface area contributed by atoms with Gasteiger partial charge in [-0.05, 0) is 24.6 Å². The van der Waals surface area contributed by atoms with Gasteiger partial charge in [-0.3, -0.25) is 14.4 Å². The highest BCUT2D eigenvalue weighted by Gasteiger charge is 2.57. The van der Waals surface area contributed by atoms with E-state index in [2.05, 4.69) is 0 Å². The third-order valence-electron chi connectivity index (χ3n) is 5.25. The maximum Gasteiger partial charge on any atom is 0.316 e. The number of ketones is 1. The lowest BCUT2D eigenvalue weighted by Crippen LogP contribution is -2.55. The van der Waals surface area contributed by atoms with E-state index in [4.69, 9.17) is 23.7 Å². The lowest BCUT2D eigenvalue weighted by Gasteiger charge is -2.43. The van der Waals surface area contributed by atoms with E-state index in [1.165, 1.54) is 47.5 Å². The molecule has 1 aromatic rings. The Bertz CT molecular complexity index is 774. The van der Waals surface area contributed by atoms with E-state index in [-0.39, 0.29) is 11.5 Å². The average molecular weight is 410 g/mol. The molecule has 0 amide bonds. The molecule has 1 N–H and O–H groups in total. The van der Waals surface area contributed by atoms with Gasteiger partial charge in [-0.2, -0.15) is 0 Å². The Kier molecular flexibility index (Phi) is 6.73. The number of carbonyl (C=O) groups is 3. The van der Waals surface area contributed by atoms with Gasteiger partial charge < -0.3 is 28.8 Å². The van der Waals surface area contributed by atoms with Gasteiger partial charge in [0.1, 0.15) is 5.92 Å². The monoisotopic (exact) mass is 410 g/mol. The van der Waals surface area contributed by atoms with Crippen LogP contribution in [0.25, 0.3) is 0 Å². The van der Waals surface area contributed by atoms with E-state index in [0.29, 0.717) is 11.3 Å². The Morgan fingerprint density at radius 3 is 1.90 bits per heavy atom. The van der Waals surface area contributed by atoms with E-state index in [9.17, 15) is 19.5 Å². The quantitative estimate of drug-likeness (QED) is 0.543. The van der Waals surface area contributed by atoms with Gasteiger partial charge in [0.2, 0.25) is 5.75 Å². The Morgan fingerprint density at radius 1 is 0.966 bits per heavy atom. The third kappa shape index (κ3) is 4.00. The van der Waals surface area contributed by atoms with Gasteiger partial charge in [0, 0.05) is 12.3 Å². The zero-order chi connectivity index (χ0) is 21.9. The van der Waals surface area contributed by atoms with Crippen molar-refractivity contribution in [3.63, 3.8) is 0 Å². The number of aliphatic hydroxyl groups is 1. The number of ether oxygens (including phenoxy) is 5. The SMILES string of the molecule is COC(=O)[C@@H]1C(=O)C[C@@](C)(O)[C@@H](C(=O)OC)[C@H]1c1cc(OC)c(OC)c(OC)c1. The number of benzene rings is 1. The first-order chi connectivity index (χ1) is 13.7. The lowest BCUT2D eigenvalue weighted by molar-refractivity contribution is -0.170. The zero-order valence-corrected chi connectivity index (χ0v) is 17.3. The van der Waals surface area contributed by atoms with Gasteiger partial charge in [0.25, 0.3) is 0 Å². The van der Waals surface area contributed by atoms with Gasteiger partial charge >= 0.3 is 11.9 Å². The van der Waals surface area contributed by atoms with Crippen LogP contribution in [0.4, 0.5) is 0 Å². The fourth-order valence-electron chi connectivity index (χ4n) is 3.96. The molecule has 0 bridgehead atoms. The van der Waals surface area contributed by atoms with Gasteiger partial charge in [0.05, 0.1) is 47.1 Å². The van der Waals surface area contributed by atoms with Crippen LogP contribution in [-0.2, 0) is 23.9 Å².